The number of hydrogen-bond donors (Lipinski definition) is 0. The summed E-state index contributed by atoms with van der Waals surface area (Å²) >= 11 is 0. The third-order valence-corrected chi connectivity index (χ3v) is 6.34. The van der Waals surface area contributed by atoms with Crippen molar-refractivity contribution in [2.75, 3.05) is 55.1 Å². The summed E-state index contributed by atoms with van der Waals surface area (Å²) in [7, 11) is 8.90. The highest BCUT2D eigenvalue weighted by atomic mass is 16.5. The van der Waals surface area contributed by atoms with Gasteiger partial charge < -0.3 is 24.0 Å². The molecule has 0 aliphatic carbocycles. The maximum absolute atomic E-state index is 12.4. The number of benzene rings is 2. The SMILES string of the molecule is COc1cc(-c2cc(-c3ccc(OCC(=O)N(C)CCN(C)C)cc3)c3ncnc(C)c3c2)cnc1OC. The van der Waals surface area contributed by atoms with E-state index in [4.69, 9.17) is 14.2 Å². The van der Waals surface area contributed by atoms with Crippen molar-refractivity contribution in [2.24, 2.45) is 0 Å². The van der Waals surface area contributed by atoms with Crippen molar-refractivity contribution < 1.29 is 19.0 Å². The van der Waals surface area contributed by atoms with Crippen LogP contribution < -0.4 is 14.2 Å². The number of nitrogens with zero attached hydrogens (tertiary/aromatic N) is 5. The van der Waals surface area contributed by atoms with Gasteiger partial charge >= 0.3 is 0 Å². The molecule has 38 heavy (non-hydrogen) atoms. The molecule has 2 aromatic heterocycles. The summed E-state index contributed by atoms with van der Waals surface area (Å²) in [6, 6.07) is 13.7. The second-order valence-electron chi connectivity index (χ2n) is 9.25. The number of fused-ring (bicyclic) bond motifs is 1. The molecule has 0 unspecified atom stereocenters. The molecule has 0 bridgehead atoms. The van der Waals surface area contributed by atoms with Crippen LogP contribution in [0.3, 0.4) is 0 Å². The molecule has 9 nitrogen and oxygen atoms in total. The summed E-state index contributed by atoms with van der Waals surface area (Å²) in [5.41, 5.74) is 5.47. The van der Waals surface area contributed by atoms with E-state index in [-0.39, 0.29) is 12.5 Å². The quantitative estimate of drug-likeness (QED) is 0.312. The van der Waals surface area contributed by atoms with E-state index in [1.807, 2.05) is 56.3 Å². The molecule has 0 fully saturated rings. The Morgan fingerprint density at radius 3 is 2.32 bits per heavy atom. The number of rotatable bonds is 10. The Hall–Kier alpha value is -4.24. The number of pyridine rings is 1. The Kier molecular flexibility index (Phi) is 8.38. The number of likely N-dealkylation sites (N-methyl/N-ethyl adjacent to an activating group) is 2. The highest BCUT2D eigenvalue weighted by molar-refractivity contribution is 5.98. The molecule has 4 aromatic rings. The Bertz CT molecular complexity index is 1420. The molecule has 2 heterocycles. The van der Waals surface area contributed by atoms with Gasteiger partial charge in [-0.1, -0.05) is 12.1 Å². The fourth-order valence-electron chi connectivity index (χ4n) is 4.03. The maximum atomic E-state index is 12.4. The van der Waals surface area contributed by atoms with E-state index in [1.54, 1.807) is 38.7 Å². The van der Waals surface area contributed by atoms with E-state index >= 15 is 0 Å². The normalized spacial score (nSPS) is 11.0. The van der Waals surface area contributed by atoms with E-state index in [1.165, 1.54) is 0 Å². The first-order valence-corrected chi connectivity index (χ1v) is 12.3. The van der Waals surface area contributed by atoms with Crippen LogP contribution in [0.4, 0.5) is 0 Å². The van der Waals surface area contributed by atoms with Crippen molar-refractivity contribution in [3.05, 3.63) is 60.7 Å². The highest BCUT2D eigenvalue weighted by Crippen LogP contribution is 2.36. The van der Waals surface area contributed by atoms with Gasteiger partial charge in [-0.3, -0.25) is 4.79 Å². The molecule has 0 radical (unpaired) electrons. The lowest BCUT2D eigenvalue weighted by atomic mass is 9.95. The number of amides is 1. The highest BCUT2D eigenvalue weighted by Gasteiger charge is 2.15. The first-order valence-electron chi connectivity index (χ1n) is 12.3. The van der Waals surface area contributed by atoms with Gasteiger partial charge in [0.2, 0.25) is 0 Å². The minimum Gasteiger partial charge on any atom is -0.491 e. The van der Waals surface area contributed by atoms with Crippen molar-refractivity contribution in [3.8, 4) is 39.6 Å². The van der Waals surface area contributed by atoms with Gasteiger partial charge in [-0.25, -0.2) is 15.0 Å². The van der Waals surface area contributed by atoms with Crippen molar-refractivity contribution in [2.45, 2.75) is 6.92 Å². The summed E-state index contributed by atoms with van der Waals surface area (Å²) in [5, 5.41) is 0.946. The van der Waals surface area contributed by atoms with Gasteiger partial charge in [0, 0.05) is 48.5 Å². The molecule has 0 aliphatic heterocycles. The Balaban J connectivity index is 1.63. The molecule has 0 atom stereocenters. The zero-order valence-corrected chi connectivity index (χ0v) is 22.7. The van der Waals surface area contributed by atoms with Crippen LogP contribution in [0.15, 0.2) is 55.0 Å². The van der Waals surface area contributed by atoms with Gasteiger partial charge in [-0.05, 0) is 62.5 Å². The number of carbonyl (C=O) groups is 1. The molecule has 4 rings (SSSR count). The minimum absolute atomic E-state index is 0.0135. The van der Waals surface area contributed by atoms with Crippen LogP contribution >= 0.6 is 0 Å². The van der Waals surface area contributed by atoms with Crippen LogP contribution in [0, 0.1) is 6.92 Å². The first kappa shape index (κ1) is 26.8. The number of ether oxygens (including phenoxy) is 3. The van der Waals surface area contributed by atoms with E-state index in [9.17, 15) is 4.79 Å². The summed E-state index contributed by atoms with van der Waals surface area (Å²) < 4.78 is 16.5. The van der Waals surface area contributed by atoms with Gasteiger partial charge in [0.25, 0.3) is 11.8 Å². The average molecular weight is 516 g/mol. The topological polar surface area (TPSA) is 89.9 Å². The Morgan fingerprint density at radius 2 is 1.63 bits per heavy atom. The predicted octanol–water partition coefficient (Wildman–Crippen LogP) is 4.08. The molecular formula is C29H33N5O4. The lowest BCUT2D eigenvalue weighted by molar-refractivity contribution is -0.132. The van der Waals surface area contributed by atoms with Gasteiger partial charge in [0.1, 0.15) is 12.1 Å². The molecule has 1 amide bonds. The van der Waals surface area contributed by atoms with Crippen molar-refractivity contribution >= 4 is 16.8 Å². The number of hydrogen-bond acceptors (Lipinski definition) is 8. The molecule has 2 aromatic carbocycles. The zero-order chi connectivity index (χ0) is 27.2. The van der Waals surface area contributed by atoms with Crippen LogP contribution in [0.2, 0.25) is 0 Å². The summed E-state index contributed by atoms with van der Waals surface area (Å²) in [6.07, 6.45) is 3.34. The first-order chi connectivity index (χ1) is 18.3. The van der Waals surface area contributed by atoms with Gasteiger partial charge in [0.05, 0.1) is 19.7 Å². The minimum atomic E-state index is -0.0645. The predicted molar refractivity (Wildman–Crippen MR) is 148 cm³/mol. The van der Waals surface area contributed by atoms with Crippen molar-refractivity contribution in [1.82, 2.24) is 24.8 Å². The lowest BCUT2D eigenvalue weighted by Crippen LogP contribution is -2.36. The van der Waals surface area contributed by atoms with Crippen LogP contribution in [-0.4, -0.2) is 85.7 Å². The van der Waals surface area contributed by atoms with Gasteiger partial charge in [-0.2, -0.15) is 0 Å². The summed E-state index contributed by atoms with van der Waals surface area (Å²) in [4.78, 5) is 29.5. The monoisotopic (exact) mass is 515 g/mol. The molecule has 0 spiro atoms. The molecule has 0 saturated heterocycles. The molecule has 0 N–H and O–H groups in total. The van der Waals surface area contributed by atoms with Gasteiger partial charge in [0.15, 0.2) is 12.4 Å². The summed E-state index contributed by atoms with van der Waals surface area (Å²) in [5.74, 6) is 1.54. The second kappa shape index (κ2) is 11.9. The Labute approximate surface area is 223 Å². The molecule has 0 aliphatic rings. The fourth-order valence-corrected chi connectivity index (χ4v) is 4.03. The number of aromatic nitrogens is 3. The summed E-state index contributed by atoms with van der Waals surface area (Å²) in [6.45, 7) is 3.40. The van der Waals surface area contributed by atoms with Gasteiger partial charge in [-0.15, -0.1) is 0 Å². The third-order valence-electron chi connectivity index (χ3n) is 6.34. The standard InChI is InChI=1S/C29H33N5O4/c1-19-24-13-21(22-15-26(36-5)29(37-6)30-16-22)14-25(28(24)32-18-31-19)20-7-9-23(10-8-20)38-17-27(35)34(4)12-11-33(2)3/h7-10,13-16,18H,11-12,17H2,1-6H3. The molecule has 0 saturated carbocycles. The number of carbonyl (C=O) groups excluding carboxylic acids is 1. The van der Waals surface area contributed by atoms with Crippen molar-refractivity contribution in [3.63, 3.8) is 0 Å². The molecule has 9 heteroatoms. The number of aryl methyl sites for hydroxylation is 1. The largest absolute Gasteiger partial charge is 0.491 e. The van der Waals surface area contributed by atoms with Crippen LogP contribution in [0.1, 0.15) is 5.69 Å². The van der Waals surface area contributed by atoms with Crippen LogP contribution in [0.5, 0.6) is 17.4 Å². The molecule has 198 valence electrons. The van der Waals surface area contributed by atoms with E-state index in [0.29, 0.717) is 23.9 Å². The average Bonchev–Trinajstić information content (AvgIpc) is 2.94. The Morgan fingerprint density at radius 1 is 0.868 bits per heavy atom. The lowest BCUT2D eigenvalue weighted by Gasteiger charge is -2.19. The van der Waals surface area contributed by atoms with Crippen LogP contribution in [-0.2, 0) is 4.79 Å². The third kappa shape index (κ3) is 6.00. The zero-order valence-electron chi connectivity index (χ0n) is 22.7. The van der Waals surface area contributed by atoms with Crippen molar-refractivity contribution in [1.29, 1.82) is 0 Å². The molecular weight excluding hydrogens is 482 g/mol. The van der Waals surface area contributed by atoms with E-state index < -0.39 is 0 Å². The second-order valence-corrected chi connectivity index (χ2v) is 9.25. The maximum Gasteiger partial charge on any atom is 0.260 e. The van der Waals surface area contributed by atoms with E-state index in [2.05, 4.69) is 27.1 Å². The number of methoxy groups -OCH3 is 2. The van der Waals surface area contributed by atoms with Crippen LogP contribution in [0.25, 0.3) is 33.2 Å². The van der Waals surface area contributed by atoms with E-state index in [0.717, 1.165) is 45.4 Å². The fraction of sp³-hybridized carbons (Fsp3) is 0.310. The smallest absolute Gasteiger partial charge is 0.260 e.